The molecule has 0 saturated carbocycles. The van der Waals surface area contributed by atoms with Gasteiger partial charge in [0.05, 0.1) is 6.61 Å². The third-order valence-electron chi connectivity index (χ3n) is 3.53. The average Bonchev–Trinajstić information content (AvgIpc) is 2.46. The molecule has 21 heavy (non-hydrogen) atoms. The second-order valence-corrected chi connectivity index (χ2v) is 5.62. The number of hydrogen-bond donors (Lipinski definition) is 1. The molecule has 0 heterocycles. The predicted molar refractivity (Wildman–Crippen MR) is 85.8 cm³/mol. The number of carbonyl (C=O) groups is 1. The van der Waals surface area contributed by atoms with E-state index in [0.717, 1.165) is 31.6 Å². The third-order valence-corrected chi connectivity index (χ3v) is 3.53. The van der Waals surface area contributed by atoms with E-state index in [1.807, 2.05) is 0 Å². The zero-order chi connectivity index (χ0) is 15.3. The summed E-state index contributed by atoms with van der Waals surface area (Å²) in [5.41, 5.74) is 0. The van der Waals surface area contributed by atoms with Gasteiger partial charge in [-0.15, -0.1) is 0 Å². The van der Waals surface area contributed by atoms with Crippen LogP contribution in [0.1, 0.15) is 64.7 Å². The average molecular weight is 292 g/mol. The summed E-state index contributed by atoms with van der Waals surface area (Å²) < 4.78 is 5.60. The molecule has 1 aromatic carbocycles. The topological polar surface area (TPSA) is 46.5 Å². The number of ether oxygens (including phenoxy) is 1. The molecule has 0 amide bonds. The number of ketones is 1. The van der Waals surface area contributed by atoms with Gasteiger partial charge in [-0.1, -0.05) is 38.5 Å². The summed E-state index contributed by atoms with van der Waals surface area (Å²) in [6.45, 7) is 2.41. The molecule has 3 nitrogen and oxygen atoms in total. The Bertz CT molecular complexity index is 384. The highest BCUT2D eigenvalue weighted by Crippen LogP contribution is 2.16. The van der Waals surface area contributed by atoms with Crippen LogP contribution in [0.5, 0.6) is 11.5 Å². The van der Waals surface area contributed by atoms with Crippen LogP contribution in [0.2, 0.25) is 0 Å². The highest BCUT2D eigenvalue weighted by atomic mass is 16.5. The molecule has 0 saturated heterocycles. The molecule has 1 rings (SSSR count). The van der Waals surface area contributed by atoms with Crippen LogP contribution in [0.15, 0.2) is 24.3 Å². The van der Waals surface area contributed by atoms with Crippen molar-refractivity contribution in [3.8, 4) is 11.5 Å². The van der Waals surface area contributed by atoms with Gasteiger partial charge in [-0.05, 0) is 44.0 Å². The van der Waals surface area contributed by atoms with Gasteiger partial charge < -0.3 is 14.6 Å². The quantitative estimate of drug-likeness (QED) is 0.559. The SMILES string of the molecule is CC(=O)CCCCCCCCCCOc1ccc(O)cc1. The Hall–Kier alpha value is -1.51. The number of hydrogen-bond acceptors (Lipinski definition) is 3. The van der Waals surface area contributed by atoms with Crippen molar-refractivity contribution in [1.82, 2.24) is 0 Å². The van der Waals surface area contributed by atoms with Gasteiger partial charge in [-0.25, -0.2) is 0 Å². The lowest BCUT2D eigenvalue weighted by molar-refractivity contribution is -0.117. The first-order valence-corrected chi connectivity index (χ1v) is 8.10. The monoisotopic (exact) mass is 292 g/mol. The number of phenols is 1. The standard InChI is InChI=1S/C18H28O3/c1-16(19)10-8-6-4-2-3-5-7-9-15-21-18-13-11-17(20)12-14-18/h11-14,20H,2-10,15H2,1H3. The molecule has 0 aliphatic rings. The van der Waals surface area contributed by atoms with Crippen molar-refractivity contribution in [3.05, 3.63) is 24.3 Å². The minimum Gasteiger partial charge on any atom is -0.508 e. The van der Waals surface area contributed by atoms with Gasteiger partial charge >= 0.3 is 0 Å². The van der Waals surface area contributed by atoms with Crippen LogP contribution in [-0.4, -0.2) is 17.5 Å². The van der Waals surface area contributed by atoms with Gasteiger partial charge in [0.1, 0.15) is 17.3 Å². The molecule has 0 atom stereocenters. The normalized spacial score (nSPS) is 10.5. The van der Waals surface area contributed by atoms with E-state index in [2.05, 4.69) is 0 Å². The Morgan fingerprint density at radius 3 is 2.00 bits per heavy atom. The number of benzene rings is 1. The predicted octanol–water partition coefficient (Wildman–Crippen LogP) is 4.87. The molecule has 0 spiro atoms. The molecule has 1 N–H and O–H groups in total. The smallest absolute Gasteiger partial charge is 0.129 e. The van der Waals surface area contributed by atoms with Gasteiger partial charge in [-0.3, -0.25) is 0 Å². The van der Waals surface area contributed by atoms with Crippen molar-refractivity contribution in [1.29, 1.82) is 0 Å². The maximum atomic E-state index is 10.8. The highest BCUT2D eigenvalue weighted by molar-refractivity contribution is 5.75. The van der Waals surface area contributed by atoms with E-state index in [-0.39, 0.29) is 5.75 Å². The van der Waals surface area contributed by atoms with Gasteiger partial charge in [-0.2, -0.15) is 0 Å². The molecule has 0 aliphatic heterocycles. The van der Waals surface area contributed by atoms with Crippen LogP contribution in [-0.2, 0) is 4.79 Å². The van der Waals surface area contributed by atoms with Crippen molar-refractivity contribution in [2.45, 2.75) is 64.7 Å². The zero-order valence-electron chi connectivity index (χ0n) is 13.1. The van der Waals surface area contributed by atoms with E-state index in [1.54, 1.807) is 31.2 Å². The van der Waals surface area contributed by atoms with E-state index >= 15 is 0 Å². The van der Waals surface area contributed by atoms with Gasteiger partial charge in [0.15, 0.2) is 0 Å². The Labute approximate surface area is 128 Å². The van der Waals surface area contributed by atoms with Crippen LogP contribution >= 0.6 is 0 Å². The molecule has 1 aromatic rings. The van der Waals surface area contributed by atoms with E-state index < -0.39 is 0 Å². The van der Waals surface area contributed by atoms with E-state index in [0.29, 0.717) is 5.78 Å². The van der Waals surface area contributed by atoms with E-state index in [4.69, 9.17) is 9.84 Å². The summed E-state index contributed by atoms with van der Waals surface area (Å²) in [5.74, 6) is 1.40. The summed E-state index contributed by atoms with van der Waals surface area (Å²) in [5, 5.41) is 9.16. The Kier molecular flexibility index (Phi) is 9.34. The van der Waals surface area contributed by atoms with Crippen LogP contribution in [0.3, 0.4) is 0 Å². The number of phenolic OH excluding ortho intramolecular Hbond substituents is 1. The van der Waals surface area contributed by atoms with Crippen LogP contribution in [0.25, 0.3) is 0 Å². The van der Waals surface area contributed by atoms with Gasteiger partial charge in [0.25, 0.3) is 0 Å². The summed E-state index contributed by atoms with van der Waals surface area (Å²) in [6, 6.07) is 6.86. The van der Waals surface area contributed by atoms with E-state index in [9.17, 15) is 4.79 Å². The van der Waals surface area contributed by atoms with Crippen molar-refractivity contribution in [3.63, 3.8) is 0 Å². The second-order valence-electron chi connectivity index (χ2n) is 5.62. The second kappa shape index (κ2) is 11.2. The minimum atomic E-state index is 0.269. The fourth-order valence-electron chi connectivity index (χ4n) is 2.27. The molecule has 0 aromatic heterocycles. The number of Topliss-reactive ketones (excluding diaryl/α,β-unsaturated/α-hetero) is 1. The van der Waals surface area contributed by atoms with Gasteiger partial charge in [0, 0.05) is 6.42 Å². The molecule has 3 heteroatoms. The summed E-state index contributed by atoms with van der Waals surface area (Å²) in [6.07, 6.45) is 10.3. The maximum Gasteiger partial charge on any atom is 0.129 e. The van der Waals surface area contributed by atoms with E-state index in [1.165, 1.54) is 38.5 Å². The number of unbranched alkanes of at least 4 members (excludes halogenated alkanes) is 7. The van der Waals surface area contributed by atoms with Crippen molar-refractivity contribution >= 4 is 5.78 Å². The first-order chi connectivity index (χ1) is 10.2. The third kappa shape index (κ3) is 9.94. The zero-order valence-corrected chi connectivity index (χ0v) is 13.1. The van der Waals surface area contributed by atoms with Gasteiger partial charge in [0.2, 0.25) is 0 Å². The molecule has 0 aliphatic carbocycles. The summed E-state index contributed by atoms with van der Waals surface area (Å²) in [7, 11) is 0. The molecule has 0 radical (unpaired) electrons. The molecule has 118 valence electrons. The van der Waals surface area contributed by atoms with Crippen molar-refractivity contribution < 1.29 is 14.6 Å². The fraction of sp³-hybridized carbons (Fsp3) is 0.611. The van der Waals surface area contributed by atoms with Crippen LogP contribution < -0.4 is 4.74 Å². The summed E-state index contributed by atoms with van der Waals surface area (Å²) >= 11 is 0. The molecular weight excluding hydrogens is 264 g/mol. The molecule has 0 fully saturated rings. The lowest BCUT2D eigenvalue weighted by atomic mass is 10.1. The van der Waals surface area contributed by atoms with Crippen LogP contribution in [0, 0.1) is 0 Å². The highest BCUT2D eigenvalue weighted by Gasteiger charge is 1.96. The Morgan fingerprint density at radius 2 is 1.43 bits per heavy atom. The number of rotatable bonds is 12. The largest absolute Gasteiger partial charge is 0.508 e. The number of carbonyl (C=O) groups excluding carboxylic acids is 1. The van der Waals surface area contributed by atoms with Crippen molar-refractivity contribution in [2.75, 3.05) is 6.61 Å². The lowest BCUT2D eigenvalue weighted by Gasteiger charge is -2.06. The van der Waals surface area contributed by atoms with Crippen LogP contribution in [0.4, 0.5) is 0 Å². The summed E-state index contributed by atoms with van der Waals surface area (Å²) in [4.78, 5) is 10.8. The Morgan fingerprint density at radius 1 is 0.905 bits per heavy atom. The number of aromatic hydroxyl groups is 1. The minimum absolute atomic E-state index is 0.269. The molecular formula is C18H28O3. The lowest BCUT2D eigenvalue weighted by Crippen LogP contribution is -1.96. The fourth-order valence-corrected chi connectivity index (χ4v) is 2.27. The first kappa shape index (κ1) is 17.5. The van der Waals surface area contributed by atoms with Crippen molar-refractivity contribution in [2.24, 2.45) is 0 Å². The molecule has 0 bridgehead atoms. The maximum absolute atomic E-state index is 10.8. The Balaban J connectivity index is 1.84. The molecule has 0 unspecified atom stereocenters. The first-order valence-electron chi connectivity index (χ1n) is 8.10.